The molecule has 29 heavy (non-hydrogen) atoms. The van der Waals surface area contributed by atoms with Crippen molar-refractivity contribution < 1.29 is 19.7 Å². The zero-order chi connectivity index (χ0) is 21.2. The van der Waals surface area contributed by atoms with Crippen LogP contribution in [0.1, 0.15) is 79.9 Å². The monoisotopic (exact) mass is 397 g/mol. The molecule has 1 aliphatic carbocycles. The molecule has 0 radical (unpaired) electrons. The maximum atomic E-state index is 11.3. The van der Waals surface area contributed by atoms with E-state index >= 15 is 0 Å². The van der Waals surface area contributed by atoms with Gasteiger partial charge in [0.2, 0.25) is 0 Å². The van der Waals surface area contributed by atoms with E-state index in [1.807, 2.05) is 32.0 Å². The Labute approximate surface area is 172 Å². The lowest BCUT2D eigenvalue weighted by molar-refractivity contribution is -0.152. The van der Waals surface area contributed by atoms with Crippen molar-refractivity contribution in [1.82, 2.24) is 4.98 Å². The maximum Gasteiger partial charge on any atom is 0.347 e. The first kappa shape index (κ1) is 21.2. The molecule has 156 valence electrons. The molecule has 0 spiro atoms. The highest BCUT2D eigenvalue weighted by Crippen LogP contribution is 2.36. The molecule has 1 aromatic carbocycles. The number of aryl methyl sites for hydroxylation is 2. The van der Waals surface area contributed by atoms with Crippen molar-refractivity contribution in [3.8, 4) is 11.5 Å². The Balaban J connectivity index is 1.84. The number of aliphatic carboxylic acids is 1. The number of nitrogens with zero attached hydrogens (tertiary/aromatic N) is 1. The molecule has 0 amide bonds. The van der Waals surface area contributed by atoms with Gasteiger partial charge in [-0.25, -0.2) is 4.79 Å². The Morgan fingerprint density at radius 3 is 2.34 bits per heavy atom. The van der Waals surface area contributed by atoms with Crippen LogP contribution in [-0.2, 0) is 11.2 Å². The van der Waals surface area contributed by atoms with Gasteiger partial charge in [0.05, 0.1) is 5.69 Å². The Bertz CT molecular complexity index is 875. The topological polar surface area (TPSA) is 79.7 Å². The average molecular weight is 398 g/mol. The van der Waals surface area contributed by atoms with Gasteiger partial charge in [0, 0.05) is 18.0 Å². The third-order valence-corrected chi connectivity index (χ3v) is 5.87. The van der Waals surface area contributed by atoms with Crippen molar-refractivity contribution in [1.29, 1.82) is 0 Å². The predicted octanol–water partition coefficient (Wildman–Crippen LogP) is 5.28. The molecule has 0 aliphatic heterocycles. The van der Waals surface area contributed by atoms with Crippen molar-refractivity contribution in [2.24, 2.45) is 0 Å². The van der Waals surface area contributed by atoms with Crippen molar-refractivity contribution in [2.45, 2.75) is 77.7 Å². The van der Waals surface area contributed by atoms with Gasteiger partial charge in [-0.2, -0.15) is 0 Å². The van der Waals surface area contributed by atoms with Crippen molar-refractivity contribution in [3.05, 3.63) is 52.3 Å². The van der Waals surface area contributed by atoms with E-state index < -0.39 is 11.6 Å². The highest BCUT2D eigenvalue weighted by molar-refractivity contribution is 5.76. The van der Waals surface area contributed by atoms with Crippen LogP contribution in [-0.4, -0.2) is 26.8 Å². The smallest absolute Gasteiger partial charge is 0.347 e. The van der Waals surface area contributed by atoms with Gasteiger partial charge < -0.3 is 14.9 Å². The number of aromatic nitrogens is 1. The third kappa shape index (κ3) is 4.89. The number of carboxylic acids is 1. The van der Waals surface area contributed by atoms with Crippen molar-refractivity contribution in [2.75, 3.05) is 0 Å². The summed E-state index contributed by atoms with van der Waals surface area (Å²) in [7, 11) is 0. The van der Waals surface area contributed by atoms with Crippen LogP contribution in [0.15, 0.2) is 24.3 Å². The number of aromatic hydroxyl groups is 1. The molecule has 1 heterocycles. The van der Waals surface area contributed by atoms with Gasteiger partial charge >= 0.3 is 5.97 Å². The number of hydrogen-bond acceptors (Lipinski definition) is 4. The minimum atomic E-state index is -1.28. The lowest BCUT2D eigenvalue weighted by atomic mass is 9.86. The van der Waals surface area contributed by atoms with E-state index in [4.69, 9.17) is 9.72 Å². The minimum Gasteiger partial charge on any atom is -0.506 e. The lowest BCUT2D eigenvalue weighted by Gasteiger charge is -2.23. The zero-order valence-electron chi connectivity index (χ0n) is 17.8. The molecular weight excluding hydrogens is 366 g/mol. The molecule has 0 unspecified atom stereocenters. The molecule has 1 fully saturated rings. The number of rotatable bonds is 6. The van der Waals surface area contributed by atoms with Gasteiger partial charge in [0.1, 0.15) is 11.5 Å². The Kier molecular flexibility index (Phi) is 6.15. The Hall–Kier alpha value is -2.56. The summed E-state index contributed by atoms with van der Waals surface area (Å²) in [5, 5.41) is 19.6. The van der Waals surface area contributed by atoms with Crippen LogP contribution >= 0.6 is 0 Å². The minimum absolute atomic E-state index is 0.300. The molecule has 1 aromatic heterocycles. The molecular formula is C24H31NO4. The van der Waals surface area contributed by atoms with E-state index in [1.165, 1.54) is 19.3 Å². The summed E-state index contributed by atoms with van der Waals surface area (Å²) in [4.78, 5) is 16.2. The molecule has 2 aromatic rings. The number of benzene rings is 1. The summed E-state index contributed by atoms with van der Waals surface area (Å²) in [5.74, 6) is 0.201. The van der Waals surface area contributed by atoms with E-state index in [-0.39, 0.29) is 0 Å². The number of ether oxygens (including phenoxy) is 1. The second-order valence-electron chi connectivity index (χ2n) is 8.67. The number of carbonyl (C=O) groups is 1. The molecule has 0 bridgehead atoms. The largest absolute Gasteiger partial charge is 0.506 e. The number of pyridine rings is 1. The first-order chi connectivity index (χ1) is 13.7. The highest BCUT2D eigenvalue weighted by Gasteiger charge is 2.29. The predicted molar refractivity (Wildman–Crippen MR) is 113 cm³/mol. The zero-order valence-corrected chi connectivity index (χ0v) is 17.8. The standard InChI is InChI=1S/C24H31NO4/c1-15-12-19(29-24(3,4)23(27)28)13-16(2)20(15)14-18-10-11-21(26)22(25-18)17-8-6-5-7-9-17/h10-13,17,26H,5-9,14H2,1-4H3,(H,27,28). The lowest BCUT2D eigenvalue weighted by Crippen LogP contribution is -2.37. The van der Waals surface area contributed by atoms with E-state index in [9.17, 15) is 15.0 Å². The van der Waals surface area contributed by atoms with E-state index in [0.29, 0.717) is 23.8 Å². The van der Waals surface area contributed by atoms with Gasteiger partial charge in [-0.05, 0) is 81.5 Å². The van der Waals surface area contributed by atoms with Gasteiger partial charge in [0.15, 0.2) is 5.60 Å². The van der Waals surface area contributed by atoms with E-state index in [0.717, 1.165) is 40.9 Å². The molecule has 5 nitrogen and oxygen atoms in total. The molecule has 0 atom stereocenters. The summed E-state index contributed by atoms with van der Waals surface area (Å²) in [6.45, 7) is 7.10. The number of hydrogen-bond donors (Lipinski definition) is 2. The first-order valence-corrected chi connectivity index (χ1v) is 10.4. The molecule has 0 saturated heterocycles. The summed E-state index contributed by atoms with van der Waals surface area (Å²) in [6.07, 6.45) is 6.51. The van der Waals surface area contributed by atoms with Crippen LogP contribution in [0.2, 0.25) is 0 Å². The summed E-state index contributed by atoms with van der Waals surface area (Å²) in [5.41, 5.74) is 3.71. The van der Waals surface area contributed by atoms with Gasteiger partial charge in [-0.1, -0.05) is 19.3 Å². The summed E-state index contributed by atoms with van der Waals surface area (Å²) < 4.78 is 5.70. The van der Waals surface area contributed by atoms with Crippen molar-refractivity contribution >= 4 is 5.97 Å². The summed E-state index contributed by atoms with van der Waals surface area (Å²) >= 11 is 0. The molecule has 3 rings (SSSR count). The Morgan fingerprint density at radius 2 is 1.76 bits per heavy atom. The van der Waals surface area contributed by atoms with Crippen LogP contribution in [0.25, 0.3) is 0 Å². The van der Waals surface area contributed by atoms with Gasteiger partial charge in [0.25, 0.3) is 0 Å². The highest BCUT2D eigenvalue weighted by atomic mass is 16.5. The fourth-order valence-electron chi connectivity index (χ4n) is 4.10. The molecule has 1 aliphatic rings. The number of carboxylic acid groups (broad SMARTS) is 1. The fourth-order valence-corrected chi connectivity index (χ4v) is 4.10. The quantitative estimate of drug-likeness (QED) is 0.693. The van der Waals surface area contributed by atoms with E-state index in [2.05, 4.69) is 0 Å². The van der Waals surface area contributed by atoms with Crippen molar-refractivity contribution in [3.63, 3.8) is 0 Å². The SMILES string of the molecule is Cc1cc(OC(C)(C)C(=O)O)cc(C)c1Cc1ccc(O)c(C2CCCCC2)n1. The maximum absolute atomic E-state index is 11.3. The molecule has 2 N–H and O–H groups in total. The molecule has 5 heteroatoms. The van der Waals surface area contributed by atoms with Crippen LogP contribution in [0.5, 0.6) is 11.5 Å². The van der Waals surface area contributed by atoms with Gasteiger partial charge in [-0.15, -0.1) is 0 Å². The first-order valence-electron chi connectivity index (χ1n) is 10.4. The summed E-state index contributed by atoms with van der Waals surface area (Å²) in [6, 6.07) is 7.42. The normalized spacial score (nSPS) is 15.3. The van der Waals surface area contributed by atoms with Crippen LogP contribution in [0.3, 0.4) is 0 Å². The fraction of sp³-hybridized carbons (Fsp3) is 0.500. The third-order valence-electron chi connectivity index (χ3n) is 5.87. The average Bonchev–Trinajstić information content (AvgIpc) is 2.66. The van der Waals surface area contributed by atoms with Crippen LogP contribution < -0.4 is 4.74 Å². The van der Waals surface area contributed by atoms with Gasteiger partial charge in [-0.3, -0.25) is 4.98 Å². The second-order valence-corrected chi connectivity index (χ2v) is 8.67. The van der Waals surface area contributed by atoms with Crippen LogP contribution in [0, 0.1) is 13.8 Å². The second kappa shape index (κ2) is 8.44. The Morgan fingerprint density at radius 1 is 1.14 bits per heavy atom. The molecule has 1 saturated carbocycles. The van der Waals surface area contributed by atoms with Crippen LogP contribution in [0.4, 0.5) is 0 Å². The van der Waals surface area contributed by atoms with E-state index in [1.54, 1.807) is 19.9 Å².